The van der Waals surface area contributed by atoms with Gasteiger partial charge in [-0.2, -0.15) is 0 Å². The van der Waals surface area contributed by atoms with E-state index in [2.05, 4.69) is 59.6 Å². The maximum absolute atomic E-state index is 4.04. The first-order valence-corrected chi connectivity index (χ1v) is 6.45. The van der Waals surface area contributed by atoms with Crippen LogP contribution in [0.2, 0.25) is 0 Å². The fourth-order valence-electron chi connectivity index (χ4n) is 2.19. The smallest absolute Gasteiger partial charge is 0.0273 e. The third-order valence-electron chi connectivity index (χ3n) is 3.22. The van der Waals surface area contributed by atoms with Crippen molar-refractivity contribution in [3.63, 3.8) is 0 Å². The van der Waals surface area contributed by atoms with E-state index in [9.17, 15) is 0 Å². The fraction of sp³-hybridized carbons (Fsp3) is 0.0556. The Bertz CT molecular complexity index is 628. The van der Waals surface area contributed by atoms with Crippen LogP contribution in [0, 0.1) is 0 Å². The van der Waals surface area contributed by atoms with E-state index in [0.29, 0.717) is 0 Å². The van der Waals surface area contributed by atoms with E-state index in [1.54, 1.807) is 0 Å². The van der Waals surface area contributed by atoms with Crippen molar-refractivity contribution < 1.29 is 0 Å². The second-order valence-electron chi connectivity index (χ2n) is 4.60. The highest BCUT2D eigenvalue weighted by atomic mass is 14.6. The van der Waals surface area contributed by atoms with Gasteiger partial charge in [-0.25, -0.2) is 0 Å². The summed E-state index contributed by atoms with van der Waals surface area (Å²) >= 11 is 0. The lowest BCUT2D eigenvalue weighted by molar-refractivity contribution is 1.19. The van der Waals surface area contributed by atoms with Crippen LogP contribution in [0.15, 0.2) is 79.1 Å². The van der Waals surface area contributed by atoms with E-state index in [1.807, 2.05) is 24.5 Å². The van der Waals surface area contributed by atoms with Crippen molar-refractivity contribution in [2.24, 2.45) is 0 Å². The monoisotopic (exact) mass is 245 g/mol. The zero-order chi connectivity index (χ0) is 12.9. The Morgan fingerprint density at radius 3 is 1.84 bits per heavy atom. The summed E-state index contributed by atoms with van der Waals surface area (Å²) in [4.78, 5) is 4.04. The van der Waals surface area contributed by atoms with Gasteiger partial charge in [0.05, 0.1) is 0 Å². The summed E-state index contributed by atoms with van der Waals surface area (Å²) in [5.41, 5.74) is 5.13. The molecule has 1 nitrogen and oxygen atoms in total. The summed E-state index contributed by atoms with van der Waals surface area (Å²) < 4.78 is 0. The molecule has 92 valence electrons. The molecule has 0 saturated heterocycles. The van der Waals surface area contributed by atoms with E-state index in [1.165, 1.54) is 22.3 Å². The molecule has 0 aliphatic heterocycles. The Balaban J connectivity index is 1.80. The largest absolute Gasteiger partial charge is 0.265 e. The Morgan fingerprint density at radius 2 is 1.16 bits per heavy atom. The molecule has 0 N–H and O–H groups in total. The Morgan fingerprint density at radius 1 is 0.579 bits per heavy atom. The van der Waals surface area contributed by atoms with Gasteiger partial charge in [-0.3, -0.25) is 4.98 Å². The summed E-state index contributed by atoms with van der Waals surface area (Å²) in [5, 5.41) is 0. The molecule has 0 aliphatic rings. The number of hydrogen-bond donors (Lipinski definition) is 0. The Kier molecular flexibility index (Phi) is 3.37. The molecule has 0 spiro atoms. The minimum Gasteiger partial charge on any atom is -0.265 e. The van der Waals surface area contributed by atoms with Gasteiger partial charge in [0.1, 0.15) is 0 Å². The first-order valence-electron chi connectivity index (χ1n) is 6.45. The molecule has 0 fully saturated rings. The summed E-state index contributed by atoms with van der Waals surface area (Å²) in [5.74, 6) is 0. The lowest BCUT2D eigenvalue weighted by atomic mass is 10.0. The molecule has 0 atom stereocenters. The van der Waals surface area contributed by atoms with Gasteiger partial charge in [-0.15, -0.1) is 0 Å². The zero-order valence-corrected chi connectivity index (χ0v) is 10.7. The summed E-state index contributed by atoms with van der Waals surface area (Å²) in [6, 6.07) is 23.4. The van der Waals surface area contributed by atoms with Crippen molar-refractivity contribution in [1.29, 1.82) is 0 Å². The maximum atomic E-state index is 4.04. The lowest BCUT2D eigenvalue weighted by Crippen LogP contribution is -1.87. The van der Waals surface area contributed by atoms with Crippen LogP contribution < -0.4 is 0 Å². The molecule has 1 heteroatoms. The van der Waals surface area contributed by atoms with Crippen LogP contribution in [0.3, 0.4) is 0 Å². The van der Waals surface area contributed by atoms with Crippen molar-refractivity contribution in [2.45, 2.75) is 6.42 Å². The lowest BCUT2D eigenvalue weighted by Gasteiger charge is -2.04. The molecule has 1 heterocycles. The second kappa shape index (κ2) is 5.49. The molecular weight excluding hydrogens is 230 g/mol. The zero-order valence-electron chi connectivity index (χ0n) is 10.7. The van der Waals surface area contributed by atoms with Crippen LogP contribution in [0.1, 0.15) is 11.1 Å². The number of pyridine rings is 1. The molecule has 3 rings (SSSR count). The van der Waals surface area contributed by atoms with Gasteiger partial charge in [0.15, 0.2) is 0 Å². The van der Waals surface area contributed by atoms with Gasteiger partial charge in [0.25, 0.3) is 0 Å². The number of benzene rings is 2. The summed E-state index contributed by atoms with van der Waals surface area (Å²) in [6.45, 7) is 0. The highest BCUT2D eigenvalue weighted by molar-refractivity contribution is 5.62. The third kappa shape index (κ3) is 2.89. The molecular formula is C18H15N. The van der Waals surface area contributed by atoms with Crippen LogP contribution in [0.25, 0.3) is 11.1 Å². The molecule has 1 aromatic heterocycles. The van der Waals surface area contributed by atoms with Crippen LogP contribution in [0.5, 0.6) is 0 Å². The molecule has 2 aromatic carbocycles. The standard InChI is InChI=1S/C18H15N/c1-2-4-15(5-3-1)14-16-6-8-17(9-7-16)18-10-12-19-13-11-18/h1-13H,14H2. The van der Waals surface area contributed by atoms with Crippen LogP contribution >= 0.6 is 0 Å². The number of aromatic nitrogens is 1. The summed E-state index contributed by atoms with van der Waals surface area (Å²) in [7, 11) is 0. The predicted molar refractivity (Wildman–Crippen MR) is 78.9 cm³/mol. The van der Waals surface area contributed by atoms with E-state index < -0.39 is 0 Å². The van der Waals surface area contributed by atoms with E-state index >= 15 is 0 Å². The average molecular weight is 245 g/mol. The van der Waals surface area contributed by atoms with Gasteiger partial charge in [-0.1, -0.05) is 54.6 Å². The average Bonchev–Trinajstić information content (AvgIpc) is 2.50. The third-order valence-corrected chi connectivity index (χ3v) is 3.22. The first kappa shape index (κ1) is 11.7. The maximum Gasteiger partial charge on any atom is 0.0273 e. The van der Waals surface area contributed by atoms with Gasteiger partial charge >= 0.3 is 0 Å². The normalized spacial score (nSPS) is 10.3. The molecule has 0 unspecified atom stereocenters. The van der Waals surface area contributed by atoms with Crippen molar-refractivity contribution in [1.82, 2.24) is 4.98 Å². The number of hydrogen-bond acceptors (Lipinski definition) is 1. The van der Waals surface area contributed by atoms with Crippen LogP contribution in [-0.2, 0) is 6.42 Å². The van der Waals surface area contributed by atoms with Crippen molar-refractivity contribution in [2.75, 3.05) is 0 Å². The van der Waals surface area contributed by atoms with Crippen LogP contribution in [-0.4, -0.2) is 4.98 Å². The SMILES string of the molecule is c1ccc(Cc2ccc(-c3ccncc3)cc2)cc1. The molecule has 0 amide bonds. The Labute approximate surface area is 113 Å². The van der Waals surface area contributed by atoms with Gasteiger partial charge in [0, 0.05) is 12.4 Å². The topological polar surface area (TPSA) is 12.9 Å². The number of rotatable bonds is 3. The van der Waals surface area contributed by atoms with E-state index in [-0.39, 0.29) is 0 Å². The summed E-state index contributed by atoms with van der Waals surface area (Å²) in [6.07, 6.45) is 4.64. The van der Waals surface area contributed by atoms with Gasteiger partial charge < -0.3 is 0 Å². The number of nitrogens with zero attached hydrogens (tertiary/aromatic N) is 1. The van der Waals surface area contributed by atoms with Gasteiger partial charge in [-0.05, 0) is 40.8 Å². The molecule has 3 aromatic rings. The molecule has 0 bridgehead atoms. The van der Waals surface area contributed by atoms with Crippen molar-refractivity contribution >= 4 is 0 Å². The molecule has 19 heavy (non-hydrogen) atoms. The van der Waals surface area contributed by atoms with Gasteiger partial charge in [0.2, 0.25) is 0 Å². The van der Waals surface area contributed by atoms with Crippen molar-refractivity contribution in [3.05, 3.63) is 90.3 Å². The predicted octanol–water partition coefficient (Wildman–Crippen LogP) is 4.34. The van der Waals surface area contributed by atoms with E-state index in [0.717, 1.165) is 6.42 Å². The quantitative estimate of drug-likeness (QED) is 0.669. The molecule has 0 aliphatic carbocycles. The minimum atomic E-state index is 0.984. The van der Waals surface area contributed by atoms with Crippen molar-refractivity contribution in [3.8, 4) is 11.1 Å². The highest BCUT2D eigenvalue weighted by Crippen LogP contribution is 2.19. The molecule has 0 saturated carbocycles. The molecule has 0 radical (unpaired) electrons. The second-order valence-corrected chi connectivity index (χ2v) is 4.60. The fourth-order valence-corrected chi connectivity index (χ4v) is 2.19. The Hall–Kier alpha value is -2.41. The first-order chi connectivity index (χ1) is 9.42. The van der Waals surface area contributed by atoms with E-state index in [4.69, 9.17) is 0 Å². The minimum absolute atomic E-state index is 0.984. The highest BCUT2D eigenvalue weighted by Gasteiger charge is 1.98. The van der Waals surface area contributed by atoms with Crippen LogP contribution in [0.4, 0.5) is 0 Å².